The molecule has 3 heteroatoms. The molecule has 0 atom stereocenters. The van der Waals surface area contributed by atoms with E-state index in [1.54, 1.807) is 12.1 Å². The van der Waals surface area contributed by atoms with E-state index in [2.05, 4.69) is 6.07 Å². The lowest BCUT2D eigenvalue weighted by Gasteiger charge is -2.11. The van der Waals surface area contributed by atoms with Crippen LogP contribution in [0.1, 0.15) is 18.4 Å². The maximum atomic E-state index is 8.80. The maximum absolute atomic E-state index is 8.80. The fourth-order valence-electron chi connectivity index (χ4n) is 1.21. The normalized spacial score (nSPS) is 17.1. The molecule has 0 heterocycles. The molecular formula is C11H12N2O. The zero-order valence-corrected chi connectivity index (χ0v) is 7.86. The molecule has 2 rings (SSSR count). The third kappa shape index (κ3) is 1.86. The summed E-state index contributed by atoms with van der Waals surface area (Å²) in [6.07, 6.45) is 2.03. The number of hydrogen-bond donors (Lipinski definition) is 1. The lowest BCUT2D eigenvalue weighted by atomic mass is 10.2. The van der Waals surface area contributed by atoms with Gasteiger partial charge in [0.25, 0.3) is 0 Å². The highest BCUT2D eigenvalue weighted by Crippen LogP contribution is 2.33. The molecule has 0 aromatic heterocycles. The van der Waals surface area contributed by atoms with Gasteiger partial charge in [-0.3, -0.25) is 0 Å². The van der Waals surface area contributed by atoms with Crippen LogP contribution < -0.4 is 10.5 Å². The predicted molar refractivity (Wildman–Crippen MR) is 52.8 cm³/mol. The number of rotatable bonds is 3. The highest BCUT2D eigenvalue weighted by Gasteiger charge is 2.39. The Morgan fingerprint density at radius 2 is 2.14 bits per heavy atom. The second-order valence-corrected chi connectivity index (χ2v) is 3.76. The van der Waals surface area contributed by atoms with Crippen LogP contribution in [0.2, 0.25) is 0 Å². The van der Waals surface area contributed by atoms with Gasteiger partial charge in [0.05, 0.1) is 11.1 Å². The van der Waals surface area contributed by atoms with Gasteiger partial charge in [-0.2, -0.15) is 5.26 Å². The van der Waals surface area contributed by atoms with Crippen LogP contribution in [-0.4, -0.2) is 12.1 Å². The van der Waals surface area contributed by atoms with Crippen molar-refractivity contribution in [2.45, 2.75) is 18.4 Å². The van der Waals surface area contributed by atoms with Crippen molar-refractivity contribution in [3.8, 4) is 11.8 Å². The van der Waals surface area contributed by atoms with Gasteiger partial charge in [-0.15, -0.1) is 0 Å². The zero-order chi connectivity index (χ0) is 10.0. The average Bonchev–Trinajstić information content (AvgIpc) is 2.95. The van der Waals surface area contributed by atoms with Crippen LogP contribution in [0.4, 0.5) is 0 Å². The van der Waals surface area contributed by atoms with Crippen molar-refractivity contribution >= 4 is 0 Å². The smallest absolute Gasteiger partial charge is 0.137 e. The first-order valence-corrected chi connectivity index (χ1v) is 4.64. The third-order valence-electron chi connectivity index (χ3n) is 2.41. The van der Waals surface area contributed by atoms with Gasteiger partial charge in [-0.05, 0) is 25.0 Å². The van der Waals surface area contributed by atoms with E-state index >= 15 is 0 Å². The Morgan fingerprint density at radius 1 is 1.43 bits per heavy atom. The van der Waals surface area contributed by atoms with E-state index in [1.807, 2.05) is 12.1 Å². The molecule has 2 N–H and O–H groups in total. The van der Waals surface area contributed by atoms with Crippen LogP contribution in [0.25, 0.3) is 0 Å². The first-order chi connectivity index (χ1) is 6.73. The number of nitrogens with zero attached hydrogens (tertiary/aromatic N) is 1. The third-order valence-corrected chi connectivity index (χ3v) is 2.41. The molecule has 1 aromatic carbocycles. The minimum atomic E-state index is -0.136. The molecule has 0 bridgehead atoms. The lowest BCUT2D eigenvalue weighted by molar-refractivity contribution is 0.279. The Kier molecular flexibility index (Phi) is 2.14. The van der Waals surface area contributed by atoms with Gasteiger partial charge >= 0.3 is 0 Å². The maximum Gasteiger partial charge on any atom is 0.137 e. The summed E-state index contributed by atoms with van der Waals surface area (Å²) in [6.45, 7) is 0.506. The van der Waals surface area contributed by atoms with E-state index in [1.165, 1.54) is 0 Å². The highest BCUT2D eigenvalue weighted by molar-refractivity contribution is 5.42. The Morgan fingerprint density at radius 3 is 2.79 bits per heavy atom. The summed E-state index contributed by atoms with van der Waals surface area (Å²) in [5.74, 6) is 0.631. The van der Waals surface area contributed by atoms with Gasteiger partial charge < -0.3 is 10.5 Å². The van der Waals surface area contributed by atoms with Crippen molar-refractivity contribution in [1.82, 2.24) is 0 Å². The van der Waals surface area contributed by atoms with Gasteiger partial charge in [-0.1, -0.05) is 12.1 Å². The monoisotopic (exact) mass is 188 g/mol. The van der Waals surface area contributed by atoms with E-state index < -0.39 is 0 Å². The first kappa shape index (κ1) is 9.04. The highest BCUT2D eigenvalue weighted by atomic mass is 16.5. The van der Waals surface area contributed by atoms with Crippen LogP contribution in [0.5, 0.6) is 5.75 Å². The standard InChI is InChI=1S/C11H12N2O/c12-7-9-3-1-2-4-10(9)14-8-11(13)5-6-11/h1-4H,5-6,8,13H2. The van der Waals surface area contributed by atoms with Crippen LogP contribution in [-0.2, 0) is 0 Å². The lowest BCUT2D eigenvalue weighted by Crippen LogP contribution is -2.29. The molecule has 0 aliphatic heterocycles. The molecule has 3 nitrogen and oxygen atoms in total. The largest absolute Gasteiger partial charge is 0.490 e. The molecule has 1 aliphatic carbocycles. The van der Waals surface area contributed by atoms with E-state index in [0.717, 1.165) is 12.8 Å². The zero-order valence-electron chi connectivity index (χ0n) is 7.86. The van der Waals surface area contributed by atoms with Crippen LogP contribution >= 0.6 is 0 Å². The molecule has 1 saturated carbocycles. The summed E-state index contributed by atoms with van der Waals surface area (Å²) in [6, 6.07) is 9.30. The number of hydrogen-bond acceptors (Lipinski definition) is 3. The molecule has 72 valence electrons. The van der Waals surface area contributed by atoms with Crippen LogP contribution in [0.3, 0.4) is 0 Å². The quantitative estimate of drug-likeness (QED) is 0.780. The molecule has 1 aliphatic rings. The summed E-state index contributed by atoms with van der Waals surface area (Å²) >= 11 is 0. The summed E-state index contributed by atoms with van der Waals surface area (Å²) in [7, 11) is 0. The van der Waals surface area contributed by atoms with Crippen molar-refractivity contribution in [3.63, 3.8) is 0 Å². The van der Waals surface area contributed by atoms with Crippen LogP contribution in [0.15, 0.2) is 24.3 Å². The van der Waals surface area contributed by atoms with E-state index in [-0.39, 0.29) is 5.54 Å². The Balaban J connectivity index is 2.05. The Bertz CT molecular complexity index is 377. The summed E-state index contributed by atoms with van der Waals surface area (Å²) in [4.78, 5) is 0. The fraction of sp³-hybridized carbons (Fsp3) is 0.364. The van der Waals surface area contributed by atoms with Crippen molar-refractivity contribution < 1.29 is 4.74 Å². The van der Waals surface area contributed by atoms with Gasteiger partial charge in [0.2, 0.25) is 0 Å². The number of benzene rings is 1. The molecule has 14 heavy (non-hydrogen) atoms. The molecule has 1 aromatic rings. The van der Waals surface area contributed by atoms with E-state index in [4.69, 9.17) is 15.7 Å². The molecule has 0 spiro atoms. The van der Waals surface area contributed by atoms with Gasteiger partial charge in [0, 0.05) is 0 Å². The SMILES string of the molecule is N#Cc1ccccc1OCC1(N)CC1. The van der Waals surface area contributed by atoms with Gasteiger partial charge in [0.1, 0.15) is 18.4 Å². The van der Waals surface area contributed by atoms with Crippen LogP contribution in [0, 0.1) is 11.3 Å². The Hall–Kier alpha value is -1.53. The summed E-state index contributed by atoms with van der Waals surface area (Å²) < 4.78 is 5.51. The second kappa shape index (κ2) is 3.32. The fourth-order valence-corrected chi connectivity index (χ4v) is 1.21. The van der Waals surface area contributed by atoms with Crippen molar-refractivity contribution in [1.29, 1.82) is 5.26 Å². The molecule has 0 radical (unpaired) electrons. The number of ether oxygens (including phenoxy) is 1. The molecule has 1 fully saturated rings. The first-order valence-electron chi connectivity index (χ1n) is 4.64. The van der Waals surface area contributed by atoms with Gasteiger partial charge in [0.15, 0.2) is 0 Å². The number of para-hydroxylation sites is 1. The van der Waals surface area contributed by atoms with Crippen molar-refractivity contribution in [3.05, 3.63) is 29.8 Å². The summed E-state index contributed by atoms with van der Waals surface area (Å²) in [5, 5.41) is 8.80. The Labute approximate surface area is 83.1 Å². The number of nitriles is 1. The molecule has 0 saturated heterocycles. The minimum Gasteiger partial charge on any atom is -0.490 e. The molecule has 0 unspecified atom stereocenters. The van der Waals surface area contributed by atoms with Gasteiger partial charge in [-0.25, -0.2) is 0 Å². The molecule has 0 amide bonds. The second-order valence-electron chi connectivity index (χ2n) is 3.76. The van der Waals surface area contributed by atoms with Crippen molar-refractivity contribution in [2.75, 3.05) is 6.61 Å². The topological polar surface area (TPSA) is 59.0 Å². The predicted octanol–water partition coefficient (Wildman–Crippen LogP) is 1.43. The van der Waals surface area contributed by atoms with E-state index in [0.29, 0.717) is 17.9 Å². The minimum absolute atomic E-state index is 0.136. The molecular weight excluding hydrogens is 176 g/mol. The average molecular weight is 188 g/mol. The van der Waals surface area contributed by atoms with Crippen molar-refractivity contribution in [2.24, 2.45) is 5.73 Å². The summed E-state index contributed by atoms with van der Waals surface area (Å²) in [5.41, 5.74) is 6.31. The number of nitrogens with two attached hydrogens (primary N) is 1. The van der Waals surface area contributed by atoms with E-state index in [9.17, 15) is 0 Å².